The van der Waals surface area contributed by atoms with E-state index in [4.69, 9.17) is 4.74 Å². The van der Waals surface area contributed by atoms with Gasteiger partial charge in [0.15, 0.2) is 5.96 Å². The maximum Gasteiger partial charge on any atom is 0.246 e. The summed E-state index contributed by atoms with van der Waals surface area (Å²) in [6.45, 7) is 2.69. The van der Waals surface area contributed by atoms with Crippen molar-refractivity contribution < 1.29 is 13.9 Å². The number of nitrogens with zero attached hydrogens (tertiary/aromatic N) is 1. The normalized spacial score (nSPS) is 24.6. The van der Waals surface area contributed by atoms with E-state index in [2.05, 4.69) is 20.9 Å². The highest BCUT2D eigenvalue weighted by atomic mass is 127. The molecule has 3 rings (SSSR count). The van der Waals surface area contributed by atoms with Gasteiger partial charge in [-0.15, -0.1) is 24.0 Å². The molecule has 3 N–H and O–H groups in total. The first-order valence-corrected chi connectivity index (χ1v) is 8.39. The monoisotopic (exact) mass is 462 g/mol. The minimum absolute atomic E-state index is 0. The van der Waals surface area contributed by atoms with Crippen molar-refractivity contribution in [3.05, 3.63) is 30.1 Å². The smallest absolute Gasteiger partial charge is 0.246 e. The molecule has 0 aliphatic carbocycles. The minimum Gasteiger partial charge on any atom is -0.373 e. The van der Waals surface area contributed by atoms with Gasteiger partial charge in [0.2, 0.25) is 5.91 Å². The molecule has 2 bridgehead atoms. The van der Waals surface area contributed by atoms with Gasteiger partial charge in [0.25, 0.3) is 0 Å². The highest BCUT2D eigenvalue weighted by molar-refractivity contribution is 14.0. The molecule has 2 heterocycles. The Hall–Kier alpha value is -1.42. The lowest BCUT2D eigenvalue weighted by Crippen LogP contribution is -2.47. The largest absolute Gasteiger partial charge is 0.373 e. The summed E-state index contributed by atoms with van der Waals surface area (Å²) >= 11 is 0. The highest BCUT2D eigenvalue weighted by Gasteiger charge is 2.41. The molecule has 1 aromatic carbocycles. The molecular weight excluding hydrogens is 438 g/mol. The molecule has 2 aliphatic heterocycles. The number of anilines is 1. The number of hydrogen-bond acceptors (Lipinski definition) is 3. The van der Waals surface area contributed by atoms with Crippen LogP contribution in [-0.4, -0.2) is 43.2 Å². The zero-order valence-electron chi connectivity index (χ0n) is 14.1. The van der Waals surface area contributed by atoms with Crippen LogP contribution in [0.3, 0.4) is 0 Å². The number of nitrogens with one attached hydrogen (secondary N) is 3. The number of rotatable bonds is 5. The third kappa shape index (κ3) is 5.53. The number of hydrogen-bond donors (Lipinski definition) is 3. The summed E-state index contributed by atoms with van der Waals surface area (Å²) in [7, 11) is 0. The fraction of sp³-hybridized carbons (Fsp3) is 0.529. The van der Waals surface area contributed by atoms with Crippen LogP contribution in [-0.2, 0) is 9.53 Å². The molecule has 1 aromatic rings. The molecule has 25 heavy (non-hydrogen) atoms. The van der Waals surface area contributed by atoms with E-state index in [0.29, 0.717) is 24.3 Å². The Bertz CT molecular complexity index is 611. The maximum atomic E-state index is 12.9. The zero-order valence-corrected chi connectivity index (χ0v) is 16.5. The number of halogens is 2. The van der Waals surface area contributed by atoms with E-state index in [1.54, 1.807) is 0 Å². The molecule has 0 spiro atoms. The van der Waals surface area contributed by atoms with E-state index in [1.165, 1.54) is 24.3 Å². The van der Waals surface area contributed by atoms with Crippen LogP contribution in [0.4, 0.5) is 10.1 Å². The van der Waals surface area contributed by atoms with Crippen molar-refractivity contribution >= 4 is 41.5 Å². The zero-order chi connectivity index (χ0) is 16.9. The van der Waals surface area contributed by atoms with Crippen LogP contribution in [0.25, 0.3) is 0 Å². The predicted octanol–water partition coefficient (Wildman–Crippen LogP) is 2.26. The molecule has 8 heteroatoms. The standard InChI is InChI=1S/C17H23FN4O2.HI/c1-2-19-17(22-14-9-13-7-8-15(14)24-13)20-10-16(23)21-12-5-3-11(18)4-6-12;/h3-6,13-15H,2,7-10H2,1H3,(H,21,23)(H2,19,20,22);1H. The number of carbonyl (C=O) groups excluding carboxylic acids is 1. The van der Waals surface area contributed by atoms with Gasteiger partial charge in [-0.1, -0.05) is 0 Å². The molecule has 0 aromatic heterocycles. The second-order valence-electron chi connectivity index (χ2n) is 6.11. The Kier molecular flexibility index (Phi) is 7.42. The molecule has 3 unspecified atom stereocenters. The average molecular weight is 462 g/mol. The van der Waals surface area contributed by atoms with Crippen LogP contribution in [0.1, 0.15) is 26.2 Å². The van der Waals surface area contributed by atoms with Crippen LogP contribution >= 0.6 is 24.0 Å². The van der Waals surface area contributed by atoms with E-state index in [0.717, 1.165) is 19.3 Å². The molecule has 2 aliphatic rings. The summed E-state index contributed by atoms with van der Waals surface area (Å²) in [6.07, 6.45) is 3.80. The lowest BCUT2D eigenvalue weighted by atomic mass is 9.96. The molecule has 2 saturated heterocycles. The van der Waals surface area contributed by atoms with Gasteiger partial charge >= 0.3 is 0 Å². The average Bonchev–Trinajstić information content (AvgIpc) is 3.18. The van der Waals surface area contributed by atoms with Crippen molar-refractivity contribution in [2.24, 2.45) is 4.99 Å². The number of ether oxygens (including phenoxy) is 1. The maximum absolute atomic E-state index is 12.9. The first kappa shape index (κ1) is 19.9. The third-order valence-electron chi connectivity index (χ3n) is 4.28. The van der Waals surface area contributed by atoms with Gasteiger partial charge in [0.05, 0.1) is 18.2 Å². The minimum atomic E-state index is -0.335. The number of amides is 1. The molecule has 3 atom stereocenters. The molecule has 138 valence electrons. The second kappa shape index (κ2) is 9.33. The van der Waals surface area contributed by atoms with Crippen LogP contribution in [0.15, 0.2) is 29.3 Å². The molecular formula is C17H24FIN4O2. The molecule has 0 saturated carbocycles. The van der Waals surface area contributed by atoms with Crippen molar-refractivity contribution in [1.29, 1.82) is 0 Å². The van der Waals surface area contributed by atoms with Crippen molar-refractivity contribution in [2.75, 3.05) is 18.4 Å². The van der Waals surface area contributed by atoms with E-state index >= 15 is 0 Å². The summed E-state index contributed by atoms with van der Waals surface area (Å²) in [5.74, 6) is 0.0358. The number of benzene rings is 1. The number of carbonyl (C=O) groups is 1. The van der Waals surface area contributed by atoms with Gasteiger partial charge < -0.3 is 20.7 Å². The second-order valence-corrected chi connectivity index (χ2v) is 6.11. The van der Waals surface area contributed by atoms with Crippen molar-refractivity contribution in [2.45, 2.75) is 44.4 Å². The summed E-state index contributed by atoms with van der Waals surface area (Å²) in [4.78, 5) is 16.3. The fourth-order valence-corrected chi connectivity index (χ4v) is 3.17. The predicted molar refractivity (Wildman–Crippen MR) is 106 cm³/mol. The Morgan fingerprint density at radius 2 is 2.08 bits per heavy atom. The van der Waals surface area contributed by atoms with E-state index in [1.807, 2.05) is 6.92 Å². The Morgan fingerprint density at radius 1 is 1.32 bits per heavy atom. The summed E-state index contributed by atoms with van der Waals surface area (Å²) in [5.41, 5.74) is 0.552. The van der Waals surface area contributed by atoms with Gasteiger partial charge in [-0.2, -0.15) is 0 Å². The molecule has 6 nitrogen and oxygen atoms in total. The van der Waals surface area contributed by atoms with Crippen molar-refractivity contribution in [1.82, 2.24) is 10.6 Å². The fourth-order valence-electron chi connectivity index (χ4n) is 3.17. The Balaban J connectivity index is 0.00000225. The number of aliphatic imine (C=N–C) groups is 1. The SMILES string of the molecule is CCNC(=NCC(=O)Nc1ccc(F)cc1)NC1CC2CCC1O2.I. The van der Waals surface area contributed by atoms with E-state index in [-0.39, 0.29) is 54.4 Å². The van der Waals surface area contributed by atoms with Crippen LogP contribution in [0, 0.1) is 5.82 Å². The van der Waals surface area contributed by atoms with Crippen LogP contribution in [0.5, 0.6) is 0 Å². The summed E-state index contributed by atoms with van der Waals surface area (Å²) in [6, 6.07) is 5.90. The molecule has 2 fully saturated rings. The third-order valence-corrected chi connectivity index (χ3v) is 4.28. The van der Waals surface area contributed by atoms with Crippen molar-refractivity contribution in [3.8, 4) is 0 Å². The lowest BCUT2D eigenvalue weighted by molar-refractivity contribution is -0.114. The van der Waals surface area contributed by atoms with Gasteiger partial charge in [-0.3, -0.25) is 4.79 Å². The first-order chi connectivity index (χ1) is 11.6. The number of fused-ring (bicyclic) bond motifs is 2. The number of guanidine groups is 1. The van der Waals surface area contributed by atoms with E-state index < -0.39 is 0 Å². The van der Waals surface area contributed by atoms with E-state index in [9.17, 15) is 9.18 Å². The molecule has 0 radical (unpaired) electrons. The Morgan fingerprint density at radius 3 is 2.68 bits per heavy atom. The highest BCUT2D eigenvalue weighted by Crippen LogP contribution is 2.34. The van der Waals surface area contributed by atoms with Crippen molar-refractivity contribution in [3.63, 3.8) is 0 Å². The Labute approximate surface area is 164 Å². The van der Waals surface area contributed by atoms with Gasteiger partial charge in [-0.05, 0) is 50.5 Å². The summed E-state index contributed by atoms with van der Waals surface area (Å²) < 4.78 is 18.7. The lowest BCUT2D eigenvalue weighted by Gasteiger charge is -2.22. The first-order valence-electron chi connectivity index (χ1n) is 8.39. The molecule has 1 amide bonds. The van der Waals surface area contributed by atoms with Gasteiger partial charge in [0.1, 0.15) is 12.4 Å². The van der Waals surface area contributed by atoms with Crippen LogP contribution in [0.2, 0.25) is 0 Å². The summed E-state index contributed by atoms with van der Waals surface area (Å²) in [5, 5.41) is 9.20. The van der Waals surface area contributed by atoms with Gasteiger partial charge in [-0.25, -0.2) is 9.38 Å². The van der Waals surface area contributed by atoms with Gasteiger partial charge in [0, 0.05) is 12.2 Å². The topological polar surface area (TPSA) is 74.8 Å². The quantitative estimate of drug-likeness (QED) is 0.357. The van der Waals surface area contributed by atoms with Crippen LogP contribution < -0.4 is 16.0 Å².